The molecule has 1 aromatic rings. The highest BCUT2D eigenvalue weighted by Crippen LogP contribution is 2.36. The topological polar surface area (TPSA) is 55.3 Å². The van der Waals surface area contributed by atoms with Crippen LogP contribution in [-0.2, 0) is 4.43 Å². The Labute approximate surface area is 135 Å². The summed E-state index contributed by atoms with van der Waals surface area (Å²) in [4.78, 5) is 22.2. The van der Waals surface area contributed by atoms with Gasteiger partial charge in [0.15, 0.2) is 8.32 Å². The van der Waals surface area contributed by atoms with Gasteiger partial charge in [-0.2, -0.15) is 0 Å². The van der Waals surface area contributed by atoms with E-state index in [0.29, 0.717) is 18.8 Å². The summed E-state index contributed by atoms with van der Waals surface area (Å²) >= 11 is 0. The molecule has 0 spiro atoms. The molecule has 0 radical (unpaired) electrons. The van der Waals surface area contributed by atoms with Crippen LogP contribution < -0.4 is 0 Å². The van der Waals surface area contributed by atoms with Crippen LogP contribution in [0.5, 0.6) is 0 Å². The lowest BCUT2D eigenvalue weighted by Gasteiger charge is -2.37. The minimum atomic E-state index is -1.78. The standard InChI is InChI=1S/C16H29N3O2Si/c1-13(2)19(15(20)14-8-9-17-12-18-14)10-11-21-22(6,7)16(3,4)5/h8-9,12-13H,10-11H2,1-7H3. The molecule has 0 bridgehead atoms. The molecule has 0 fully saturated rings. The Morgan fingerprint density at radius 1 is 1.36 bits per heavy atom. The fourth-order valence-corrected chi connectivity index (χ4v) is 2.81. The van der Waals surface area contributed by atoms with Gasteiger partial charge in [-0.05, 0) is 38.0 Å². The lowest BCUT2D eigenvalue weighted by Crippen LogP contribution is -2.45. The number of hydrogen-bond acceptors (Lipinski definition) is 4. The van der Waals surface area contributed by atoms with Crippen LogP contribution in [0.3, 0.4) is 0 Å². The SMILES string of the molecule is CC(C)N(CCO[Si](C)(C)C(C)(C)C)C(=O)c1ccncn1. The molecule has 0 aliphatic heterocycles. The average Bonchev–Trinajstić information content (AvgIpc) is 2.42. The van der Waals surface area contributed by atoms with Gasteiger partial charge < -0.3 is 9.33 Å². The number of nitrogens with zero attached hydrogens (tertiary/aromatic N) is 3. The first-order valence-corrected chi connectivity index (χ1v) is 10.7. The molecule has 1 heterocycles. The van der Waals surface area contributed by atoms with Crippen LogP contribution in [0.4, 0.5) is 0 Å². The fourth-order valence-electron chi connectivity index (χ4n) is 1.77. The van der Waals surface area contributed by atoms with E-state index >= 15 is 0 Å². The van der Waals surface area contributed by atoms with Gasteiger partial charge in [0.05, 0.1) is 6.61 Å². The van der Waals surface area contributed by atoms with Crippen LogP contribution in [0.25, 0.3) is 0 Å². The highest BCUT2D eigenvalue weighted by molar-refractivity contribution is 6.74. The first kappa shape index (κ1) is 18.8. The zero-order chi connectivity index (χ0) is 17.0. The Hall–Kier alpha value is -1.27. The van der Waals surface area contributed by atoms with Crippen molar-refractivity contribution in [3.63, 3.8) is 0 Å². The van der Waals surface area contributed by atoms with E-state index < -0.39 is 8.32 Å². The monoisotopic (exact) mass is 323 g/mol. The Bertz CT molecular complexity index is 484. The maximum absolute atomic E-state index is 12.5. The molecular formula is C16H29N3O2Si. The number of carbonyl (C=O) groups is 1. The van der Waals surface area contributed by atoms with Gasteiger partial charge in [0.1, 0.15) is 12.0 Å². The lowest BCUT2D eigenvalue weighted by molar-refractivity contribution is 0.0663. The third kappa shape index (κ3) is 4.88. The number of rotatable bonds is 6. The van der Waals surface area contributed by atoms with Gasteiger partial charge in [-0.15, -0.1) is 0 Å². The summed E-state index contributed by atoms with van der Waals surface area (Å²) in [5.41, 5.74) is 0.427. The van der Waals surface area contributed by atoms with E-state index in [0.717, 1.165) is 0 Å². The van der Waals surface area contributed by atoms with E-state index in [9.17, 15) is 4.79 Å². The van der Waals surface area contributed by atoms with E-state index in [1.165, 1.54) is 6.33 Å². The molecule has 0 saturated carbocycles. The van der Waals surface area contributed by atoms with Gasteiger partial charge in [0.25, 0.3) is 5.91 Å². The first-order valence-electron chi connectivity index (χ1n) is 7.77. The Morgan fingerprint density at radius 3 is 2.45 bits per heavy atom. The molecule has 0 N–H and O–H groups in total. The molecule has 1 amide bonds. The van der Waals surface area contributed by atoms with Crippen molar-refractivity contribution in [2.24, 2.45) is 0 Å². The quantitative estimate of drug-likeness (QED) is 0.753. The first-order chi connectivity index (χ1) is 10.1. The Balaban J connectivity index is 2.69. The predicted octanol–water partition coefficient (Wildman–Crippen LogP) is 3.35. The normalized spacial score (nSPS) is 12.5. The summed E-state index contributed by atoms with van der Waals surface area (Å²) in [6.45, 7) is 16.2. The Morgan fingerprint density at radius 2 is 2.00 bits per heavy atom. The molecule has 0 saturated heterocycles. The van der Waals surface area contributed by atoms with Crippen molar-refractivity contribution in [2.75, 3.05) is 13.2 Å². The van der Waals surface area contributed by atoms with Gasteiger partial charge in [0, 0.05) is 18.8 Å². The molecule has 22 heavy (non-hydrogen) atoms. The maximum Gasteiger partial charge on any atom is 0.272 e. The highest BCUT2D eigenvalue weighted by Gasteiger charge is 2.37. The number of carbonyl (C=O) groups excluding carboxylic acids is 1. The highest BCUT2D eigenvalue weighted by atomic mass is 28.4. The van der Waals surface area contributed by atoms with Crippen molar-refractivity contribution >= 4 is 14.2 Å². The molecule has 6 heteroatoms. The largest absolute Gasteiger partial charge is 0.415 e. The number of hydrogen-bond donors (Lipinski definition) is 0. The minimum absolute atomic E-state index is 0.0729. The third-order valence-corrected chi connectivity index (χ3v) is 8.82. The van der Waals surface area contributed by atoms with Crippen LogP contribution in [0.2, 0.25) is 18.1 Å². The van der Waals surface area contributed by atoms with Gasteiger partial charge in [-0.25, -0.2) is 9.97 Å². The van der Waals surface area contributed by atoms with Crippen molar-refractivity contribution in [2.45, 2.75) is 58.8 Å². The van der Waals surface area contributed by atoms with Crippen molar-refractivity contribution < 1.29 is 9.22 Å². The van der Waals surface area contributed by atoms with Crippen LogP contribution in [-0.4, -0.2) is 48.3 Å². The van der Waals surface area contributed by atoms with Crippen LogP contribution >= 0.6 is 0 Å². The Kier molecular flexibility index (Phi) is 6.25. The smallest absolute Gasteiger partial charge is 0.272 e. The zero-order valence-electron chi connectivity index (χ0n) is 14.9. The van der Waals surface area contributed by atoms with Crippen molar-refractivity contribution in [3.8, 4) is 0 Å². The van der Waals surface area contributed by atoms with Crippen molar-refractivity contribution in [3.05, 3.63) is 24.3 Å². The van der Waals surface area contributed by atoms with Gasteiger partial charge in [-0.1, -0.05) is 20.8 Å². The number of amides is 1. The maximum atomic E-state index is 12.5. The van der Waals surface area contributed by atoms with Crippen molar-refractivity contribution in [1.82, 2.24) is 14.9 Å². The van der Waals surface area contributed by atoms with Gasteiger partial charge in [-0.3, -0.25) is 4.79 Å². The van der Waals surface area contributed by atoms with Crippen LogP contribution in [0.1, 0.15) is 45.1 Å². The van der Waals surface area contributed by atoms with Crippen LogP contribution in [0.15, 0.2) is 18.6 Å². The summed E-state index contributed by atoms with van der Waals surface area (Å²) in [6, 6.07) is 1.75. The fraction of sp³-hybridized carbons (Fsp3) is 0.688. The summed E-state index contributed by atoms with van der Waals surface area (Å²) in [5, 5.41) is 0.173. The second-order valence-electron chi connectivity index (χ2n) is 7.30. The molecular weight excluding hydrogens is 294 g/mol. The lowest BCUT2D eigenvalue weighted by atomic mass is 10.2. The molecule has 124 valence electrons. The third-order valence-electron chi connectivity index (χ3n) is 4.29. The average molecular weight is 324 g/mol. The summed E-state index contributed by atoms with van der Waals surface area (Å²) in [6.07, 6.45) is 2.99. The van der Waals surface area contributed by atoms with Gasteiger partial charge in [0.2, 0.25) is 0 Å². The van der Waals surface area contributed by atoms with E-state index in [1.54, 1.807) is 17.2 Å². The zero-order valence-corrected chi connectivity index (χ0v) is 15.9. The molecule has 0 aliphatic carbocycles. The molecule has 0 unspecified atom stereocenters. The predicted molar refractivity (Wildman–Crippen MR) is 91.4 cm³/mol. The van der Waals surface area contributed by atoms with E-state index in [1.807, 2.05) is 13.8 Å². The van der Waals surface area contributed by atoms with E-state index in [2.05, 4.69) is 43.8 Å². The molecule has 0 atom stereocenters. The van der Waals surface area contributed by atoms with E-state index in [-0.39, 0.29) is 17.0 Å². The second kappa shape index (κ2) is 7.33. The molecule has 0 aliphatic rings. The van der Waals surface area contributed by atoms with Crippen LogP contribution in [0, 0.1) is 0 Å². The molecule has 0 aromatic carbocycles. The van der Waals surface area contributed by atoms with Gasteiger partial charge >= 0.3 is 0 Å². The molecule has 1 rings (SSSR count). The molecule has 1 aromatic heterocycles. The second-order valence-corrected chi connectivity index (χ2v) is 12.1. The number of aromatic nitrogens is 2. The van der Waals surface area contributed by atoms with E-state index in [4.69, 9.17) is 4.43 Å². The summed E-state index contributed by atoms with van der Waals surface area (Å²) in [5.74, 6) is -0.0729. The van der Waals surface area contributed by atoms with Crippen molar-refractivity contribution in [1.29, 1.82) is 0 Å². The minimum Gasteiger partial charge on any atom is -0.415 e. The summed E-state index contributed by atoms with van der Waals surface area (Å²) in [7, 11) is -1.78. The summed E-state index contributed by atoms with van der Waals surface area (Å²) < 4.78 is 6.17. The molecule has 5 nitrogen and oxygen atoms in total.